The number of benzene rings is 3. The van der Waals surface area contributed by atoms with Crippen molar-refractivity contribution in [1.29, 1.82) is 5.26 Å². The highest BCUT2D eigenvalue weighted by molar-refractivity contribution is 5.91. The average molecular weight is 541 g/mol. The number of hydrogen-bond acceptors (Lipinski definition) is 8. The van der Waals surface area contributed by atoms with Crippen LogP contribution in [0.2, 0.25) is 0 Å². The van der Waals surface area contributed by atoms with Crippen molar-refractivity contribution in [3.05, 3.63) is 101 Å². The molecule has 1 atom stereocenters. The van der Waals surface area contributed by atoms with Gasteiger partial charge in [-0.3, -0.25) is 0 Å². The SMILES string of the molecule is C=CCOc1ccc(C(=O)Oc2ccc3c(c2)OC(N)=C(C#N)C3c2ccc(OCCC(C)C)c(OC)c2)cc1. The van der Waals surface area contributed by atoms with Crippen molar-refractivity contribution >= 4 is 5.97 Å². The van der Waals surface area contributed by atoms with Crippen LogP contribution in [-0.2, 0) is 0 Å². The van der Waals surface area contributed by atoms with E-state index in [0.717, 1.165) is 12.0 Å². The molecule has 0 spiro atoms. The van der Waals surface area contributed by atoms with Crippen LogP contribution in [0.15, 0.2) is 84.8 Å². The van der Waals surface area contributed by atoms with Gasteiger partial charge < -0.3 is 29.4 Å². The lowest BCUT2D eigenvalue weighted by atomic mass is 9.83. The van der Waals surface area contributed by atoms with Crippen LogP contribution in [0.5, 0.6) is 28.7 Å². The fraction of sp³-hybridized carbons (Fsp3) is 0.250. The summed E-state index contributed by atoms with van der Waals surface area (Å²) >= 11 is 0. The molecular formula is C32H32N2O6. The molecule has 1 unspecified atom stereocenters. The third-order valence-corrected chi connectivity index (χ3v) is 6.33. The van der Waals surface area contributed by atoms with Gasteiger partial charge in [0, 0.05) is 11.6 Å². The highest BCUT2D eigenvalue weighted by Gasteiger charge is 2.32. The zero-order chi connectivity index (χ0) is 28.6. The number of fused-ring (bicyclic) bond motifs is 1. The molecule has 2 N–H and O–H groups in total. The lowest BCUT2D eigenvalue weighted by Gasteiger charge is -2.27. The van der Waals surface area contributed by atoms with E-state index in [9.17, 15) is 10.1 Å². The maximum Gasteiger partial charge on any atom is 0.343 e. The van der Waals surface area contributed by atoms with Crippen molar-refractivity contribution in [3.63, 3.8) is 0 Å². The molecule has 0 aliphatic carbocycles. The first-order valence-corrected chi connectivity index (χ1v) is 12.9. The van der Waals surface area contributed by atoms with E-state index in [1.54, 1.807) is 55.7 Å². The van der Waals surface area contributed by atoms with Crippen LogP contribution in [0.3, 0.4) is 0 Å². The summed E-state index contributed by atoms with van der Waals surface area (Å²) in [4.78, 5) is 12.7. The Morgan fingerprint density at radius 1 is 1.07 bits per heavy atom. The average Bonchev–Trinajstić information content (AvgIpc) is 2.95. The van der Waals surface area contributed by atoms with Crippen LogP contribution in [0, 0.1) is 17.2 Å². The Bertz CT molecular complexity index is 1450. The molecular weight excluding hydrogens is 508 g/mol. The fourth-order valence-corrected chi connectivity index (χ4v) is 4.24. The van der Waals surface area contributed by atoms with E-state index in [4.69, 9.17) is 29.4 Å². The third kappa shape index (κ3) is 6.38. The monoisotopic (exact) mass is 540 g/mol. The highest BCUT2D eigenvalue weighted by atomic mass is 16.5. The number of ether oxygens (including phenoxy) is 5. The molecule has 0 aromatic heterocycles. The fourth-order valence-electron chi connectivity index (χ4n) is 4.24. The Morgan fingerprint density at radius 2 is 1.82 bits per heavy atom. The van der Waals surface area contributed by atoms with Crippen LogP contribution in [0.25, 0.3) is 0 Å². The first kappa shape index (κ1) is 28.1. The standard InChI is InChI=1S/C32H32N2O6/c1-5-15-37-23-9-6-21(7-10-23)32(35)39-24-11-12-25-28(18-24)40-31(34)26(19-33)30(25)22-8-13-27(29(17-22)36-4)38-16-14-20(2)3/h5-13,17-18,20,30H,1,14-16,34H2,2-4H3. The van der Waals surface area contributed by atoms with Crippen molar-refractivity contribution in [3.8, 4) is 34.8 Å². The number of allylic oxidation sites excluding steroid dienone is 1. The minimum Gasteiger partial charge on any atom is -0.493 e. The molecule has 206 valence electrons. The van der Waals surface area contributed by atoms with E-state index >= 15 is 0 Å². The topological polar surface area (TPSA) is 113 Å². The Morgan fingerprint density at radius 3 is 2.50 bits per heavy atom. The minimum absolute atomic E-state index is 0.0187. The Hall–Kier alpha value is -4.90. The maximum absolute atomic E-state index is 12.7. The maximum atomic E-state index is 12.7. The minimum atomic E-state index is -0.540. The van der Waals surface area contributed by atoms with Crippen LogP contribution < -0.4 is 29.4 Å². The van der Waals surface area contributed by atoms with E-state index in [-0.39, 0.29) is 17.2 Å². The van der Waals surface area contributed by atoms with E-state index in [1.165, 1.54) is 0 Å². The van der Waals surface area contributed by atoms with Gasteiger partial charge in [-0.1, -0.05) is 38.6 Å². The number of esters is 1. The van der Waals surface area contributed by atoms with Gasteiger partial charge in [-0.25, -0.2) is 4.79 Å². The zero-order valence-corrected chi connectivity index (χ0v) is 22.8. The normalized spacial score (nSPS) is 14.0. The second kappa shape index (κ2) is 12.8. The summed E-state index contributed by atoms with van der Waals surface area (Å²) in [5.74, 6) is 1.89. The summed E-state index contributed by atoms with van der Waals surface area (Å²) in [5, 5.41) is 9.93. The lowest BCUT2D eigenvalue weighted by molar-refractivity contribution is 0.0734. The largest absolute Gasteiger partial charge is 0.493 e. The van der Waals surface area contributed by atoms with Gasteiger partial charge in [-0.05, 0) is 60.4 Å². The van der Waals surface area contributed by atoms with Gasteiger partial charge in [0.2, 0.25) is 5.88 Å². The summed E-state index contributed by atoms with van der Waals surface area (Å²) in [6, 6.07) is 19.4. The second-order valence-electron chi connectivity index (χ2n) is 9.58. The number of nitrogens with zero attached hydrogens (tertiary/aromatic N) is 1. The molecule has 1 aliphatic rings. The summed E-state index contributed by atoms with van der Waals surface area (Å²) in [6.45, 7) is 8.82. The van der Waals surface area contributed by atoms with Crippen molar-refractivity contribution < 1.29 is 28.5 Å². The van der Waals surface area contributed by atoms with Crippen LogP contribution in [0.1, 0.15) is 47.7 Å². The van der Waals surface area contributed by atoms with Crippen LogP contribution >= 0.6 is 0 Å². The highest BCUT2D eigenvalue weighted by Crippen LogP contribution is 2.45. The first-order chi connectivity index (χ1) is 19.3. The lowest BCUT2D eigenvalue weighted by Crippen LogP contribution is -2.21. The Kier molecular flexibility index (Phi) is 8.97. The summed E-state index contributed by atoms with van der Waals surface area (Å²) < 4.78 is 28.3. The summed E-state index contributed by atoms with van der Waals surface area (Å²) in [6.07, 6.45) is 2.56. The number of carbonyl (C=O) groups is 1. The van der Waals surface area contributed by atoms with E-state index < -0.39 is 11.9 Å². The number of nitrogens with two attached hydrogens (primary N) is 1. The van der Waals surface area contributed by atoms with E-state index in [0.29, 0.717) is 53.3 Å². The molecule has 0 bridgehead atoms. The van der Waals surface area contributed by atoms with Gasteiger partial charge in [0.1, 0.15) is 35.5 Å². The summed E-state index contributed by atoms with van der Waals surface area (Å²) in [5.41, 5.74) is 8.28. The number of methoxy groups -OCH3 is 1. The third-order valence-electron chi connectivity index (χ3n) is 6.33. The molecule has 4 rings (SSSR count). The van der Waals surface area contributed by atoms with E-state index in [1.807, 2.05) is 18.2 Å². The van der Waals surface area contributed by atoms with Crippen molar-refractivity contribution in [2.45, 2.75) is 26.2 Å². The quantitative estimate of drug-likeness (QED) is 0.176. The molecule has 1 aliphatic heterocycles. The Balaban J connectivity index is 1.59. The molecule has 0 radical (unpaired) electrons. The molecule has 1 heterocycles. The molecule has 0 fully saturated rings. The number of nitriles is 1. The second-order valence-corrected chi connectivity index (χ2v) is 9.58. The molecule has 0 amide bonds. The van der Waals surface area contributed by atoms with E-state index in [2.05, 4.69) is 26.5 Å². The summed E-state index contributed by atoms with van der Waals surface area (Å²) in [7, 11) is 1.57. The number of rotatable bonds is 11. The first-order valence-electron chi connectivity index (χ1n) is 12.9. The molecule has 8 nitrogen and oxygen atoms in total. The van der Waals surface area contributed by atoms with Crippen LogP contribution in [0.4, 0.5) is 0 Å². The van der Waals surface area contributed by atoms with Gasteiger partial charge in [0.15, 0.2) is 11.5 Å². The predicted molar refractivity (Wildman–Crippen MR) is 151 cm³/mol. The smallest absolute Gasteiger partial charge is 0.343 e. The van der Waals surface area contributed by atoms with Gasteiger partial charge in [-0.15, -0.1) is 0 Å². The molecule has 8 heteroatoms. The Labute approximate surface area is 234 Å². The molecule has 0 saturated carbocycles. The van der Waals surface area contributed by atoms with Gasteiger partial charge in [-0.2, -0.15) is 5.26 Å². The predicted octanol–water partition coefficient (Wildman–Crippen LogP) is 6.12. The molecule has 40 heavy (non-hydrogen) atoms. The molecule has 0 saturated heterocycles. The zero-order valence-electron chi connectivity index (χ0n) is 22.8. The van der Waals surface area contributed by atoms with Crippen molar-refractivity contribution in [2.75, 3.05) is 20.3 Å². The van der Waals surface area contributed by atoms with Gasteiger partial charge >= 0.3 is 5.97 Å². The molecule has 3 aromatic carbocycles. The number of hydrogen-bond donors (Lipinski definition) is 1. The van der Waals surface area contributed by atoms with Crippen LogP contribution in [-0.4, -0.2) is 26.3 Å². The van der Waals surface area contributed by atoms with Crippen molar-refractivity contribution in [2.24, 2.45) is 11.7 Å². The van der Waals surface area contributed by atoms with Gasteiger partial charge in [0.25, 0.3) is 0 Å². The van der Waals surface area contributed by atoms with Gasteiger partial charge in [0.05, 0.1) is 25.2 Å². The molecule has 3 aromatic rings. The van der Waals surface area contributed by atoms with Crippen molar-refractivity contribution in [1.82, 2.24) is 0 Å². The number of carbonyl (C=O) groups excluding carboxylic acids is 1.